The van der Waals surface area contributed by atoms with Crippen LogP contribution in [-0.4, -0.2) is 67.6 Å². The van der Waals surface area contributed by atoms with Crippen molar-refractivity contribution in [1.82, 2.24) is 29.6 Å². The molecule has 4 heterocycles. The van der Waals surface area contributed by atoms with Crippen LogP contribution in [0.1, 0.15) is 87.9 Å². The second-order valence-corrected chi connectivity index (χ2v) is 21.4. The predicted octanol–water partition coefficient (Wildman–Crippen LogP) is 7.71. The van der Waals surface area contributed by atoms with Crippen molar-refractivity contribution in [3.8, 4) is 11.1 Å². The number of aryl methyl sites for hydroxylation is 2. The quantitative estimate of drug-likeness (QED) is 0.104. The van der Waals surface area contributed by atoms with Gasteiger partial charge in [0.25, 0.3) is 0 Å². The minimum absolute atomic E-state index is 0.00578. The third-order valence-corrected chi connectivity index (χ3v) is 16.0. The van der Waals surface area contributed by atoms with Gasteiger partial charge in [-0.3, -0.25) is 19.1 Å². The summed E-state index contributed by atoms with van der Waals surface area (Å²) in [6.07, 6.45) is 4.57. The molecule has 1 saturated carbocycles. The van der Waals surface area contributed by atoms with Gasteiger partial charge in [0.2, 0.25) is 11.8 Å². The second-order valence-electron chi connectivity index (χ2n) is 15.9. The fourth-order valence-electron chi connectivity index (χ4n) is 6.89. The molecule has 1 aliphatic heterocycles. The Morgan fingerprint density at radius 1 is 1.10 bits per heavy atom. The fourth-order valence-corrected chi connectivity index (χ4v) is 8.53. The molecule has 0 spiro atoms. The number of hydrogen-bond donors (Lipinski definition) is 1. The molecule has 270 valence electrons. The second kappa shape index (κ2) is 13.0. The number of Topliss-reactive ketones (excluding diaryl/α,β-unsaturated/α-hetero) is 1. The topological polar surface area (TPSA) is 132 Å². The summed E-state index contributed by atoms with van der Waals surface area (Å²) in [5.41, 5.74) is 3.64. The maximum Gasteiger partial charge on any atom is 0.248 e. The molecule has 6 rings (SSSR count). The number of anilines is 1. The molecule has 14 heteroatoms. The van der Waals surface area contributed by atoms with Gasteiger partial charge in [-0.15, -0.1) is 0 Å². The smallest absolute Gasteiger partial charge is 0.248 e. The number of nitrogens with zero attached hydrogens (tertiary/aromatic N) is 6. The van der Waals surface area contributed by atoms with E-state index in [1.54, 1.807) is 28.9 Å². The maximum atomic E-state index is 14.1. The van der Waals surface area contributed by atoms with Crippen LogP contribution in [0.25, 0.3) is 22.0 Å². The zero-order valence-electron chi connectivity index (χ0n) is 30.8. The first kappa shape index (κ1) is 36.9. The Morgan fingerprint density at radius 2 is 1.76 bits per heavy atom. The average molecular weight is 779 g/mol. The van der Waals surface area contributed by atoms with Crippen LogP contribution >= 0.6 is 15.9 Å². The number of rotatable bonds is 9. The van der Waals surface area contributed by atoms with Crippen molar-refractivity contribution in [2.45, 2.75) is 111 Å². The Balaban J connectivity index is 1.26. The molecule has 4 atom stereocenters. The van der Waals surface area contributed by atoms with Crippen molar-refractivity contribution in [2.24, 2.45) is 5.41 Å². The molecule has 1 aromatic carbocycles. The number of hydrogen-bond acceptors (Lipinski definition) is 8. The normalized spacial score (nSPS) is 20.7. The van der Waals surface area contributed by atoms with E-state index in [-0.39, 0.29) is 62.9 Å². The highest BCUT2D eigenvalue weighted by Crippen LogP contribution is 2.59. The lowest BCUT2D eigenvalue weighted by atomic mass is 10.0. The zero-order chi connectivity index (χ0) is 37.4. The third kappa shape index (κ3) is 6.89. The lowest BCUT2D eigenvalue weighted by Gasteiger charge is -2.38. The molecule has 1 N–H and O–H groups in total. The Morgan fingerprint density at radius 3 is 2.39 bits per heavy atom. The first-order chi connectivity index (χ1) is 23.7. The number of carbonyl (C=O) groups excluding carboxylic acids is 3. The highest BCUT2D eigenvalue weighted by Gasteiger charge is 2.64. The number of ketones is 1. The molecular formula is C37H45BrFN7O4Si. The molecule has 51 heavy (non-hydrogen) atoms. The van der Waals surface area contributed by atoms with E-state index in [0.717, 1.165) is 23.1 Å². The third-order valence-electron chi connectivity index (χ3n) is 10.9. The van der Waals surface area contributed by atoms with Gasteiger partial charge in [-0.2, -0.15) is 5.10 Å². The van der Waals surface area contributed by atoms with Crippen molar-refractivity contribution >= 4 is 58.6 Å². The van der Waals surface area contributed by atoms with Crippen molar-refractivity contribution in [1.29, 1.82) is 0 Å². The molecule has 1 aliphatic carbocycles. The molecule has 0 radical (unpaired) electrons. The van der Waals surface area contributed by atoms with Gasteiger partial charge in [0.1, 0.15) is 34.8 Å². The molecule has 1 saturated heterocycles. The summed E-state index contributed by atoms with van der Waals surface area (Å²) >= 11 is 3.08. The molecule has 0 unspecified atom stereocenters. The summed E-state index contributed by atoms with van der Waals surface area (Å²) in [4.78, 5) is 55.6. The van der Waals surface area contributed by atoms with Crippen LogP contribution < -0.4 is 5.32 Å². The monoisotopic (exact) mass is 777 g/mol. The molecule has 2 fully saturated rings. The zero-order valence-corrected chi connectivity index (χ0v) is 33.4. The fraction of sp³-hybridized carbons (Fsp3) is 0.486. The largest absolute Gasteiger partial charge is 0.407 e. The lowest BCUT2D eigenvalue weighted by molar-refractivity contribution is -0.138. The number of carbonyl (C=O) groups is 3. The minimum atomic E-state index is -2.02. The number of benzene rings is 1. The molecule has 4 aromatic rings. The first-order valence-corrected chi connectivity index (χ1v) is 20.9. The maximum absolute atomic E-state index is 14.1. The van der Waals surface area contributed by atoms with Crippen molar-refractivity contribution in [3.63, 3.8) is 0 Å². The molecule has 2 amide bonds. The molecule has 11 nitrogen and oxygen atoms in total. The molecular weight excluding hydrogens is 733 g/mol. The lowest BCUT2D eigenvalue weighted by Crippen LogP contribution is -2.47. The number of pyridine rings is 1. The Bertz CT molecular complexity index is 2080. The summed E-state index contributed by atoms with van der Waals surface area (Å²) in [5, 5.41) is 8.12. The number of amides is 2. The van der Waals surface area contributed by atoms with E-state index in [2.05, 4.69) is 82.1 Å². The number of halogens is 2. The van der Waals surface area contributed by atoms with Crippen LogP contribution in [0.2, 0.25) is 18.1 Å². The van der Waals surface area contributed by atoms with Crippen molar-refractivity contribution in [3.05, 3.63) is 63.7 Å². The highest BCUT2D eigenvalue weighted by atomic mass is 79.9. The van der Waals surface area contributed by atoms with E-state index in [1.807, 2.05) is 26.0 Å². The minimum Gasteiger partial charge on any atom is -0.407 e. The van der Waals surface area contributed by atoms with E-state index in [9.17, 15) is 18.8 Å². The number of likely N-dealkylation sites (tertiary alicyclic amines) is 1. The van der Waals surface area contributed by atoms with Gasteiger partial charge in [0.15, 0.2) is 25.7 Å². The van der Waals surface area contributed by atoms with Gasteiger partial charge in [-0.25, -0.2) is 19.3 Å². The van der Waals surface area contributed by atoms with Gasteiger partial charge < -0.3 is 14.6 Å². The predicted molar refractivity (Wildman–Crippen MR) is 199 cm³/mol. The highest BCUT2D eigenvalue weighted by molar-refractivity contribution is 9.10. The Hall–Kier alpha value is -3.88. The van der Waals surface area contributed by atoms with Crippen LogP contribution in [0, 0.1) is 25.1 Å². The van der Waals surface area contributed by atoms with Crippen LogP contribution in [0.4, 0.5) is 10.2 Å². The molecule has 2 aliphatic rings. The number of piperidine rings is 1. The van der Waals surface area contributed by atoms with E-state index in [4.69, 9.17) is 4.43 Å². The molecule has 3 aromatic heterocycles. The Labute approximate surface area is 307 Å². The first-order valence-electron chi connectivity index (χ1n) is 17.2. The van der Waals surface area contributed by atoms with Gasteiger partial charge >= 0.3 is 0 Å². The summed E-state index contributed by atoms with van der Waals surface area (Å²) in [6, 6.07) is 4.34. The van der Waals surface area contributed by atoms with Crippen LogP contribution in [0.5, 0.6) is 0 Å². The Kier molecular flexibility index (Phi) is 9.37. The molecule has 0 bridgehead atoms. The van der Waals surface area contributed by atoms with Gasteiger partial charge in [0.05, 0.1) is 5.52 Å². The van der Waals surface area contributed by atoms with Crippen LogP contribution in [0.3, 0.4) is 0 Å². The average Bonchev–Trinajstić information content (AvgIpc) is 3.38. The van der Waals surface area contributed by atoms with E-state index in [1.165, 1.54) is 13.0 Å². The van der Waals surface area contributed by atoms with Crippen molar-refractivity contribution < 1.29 is 23.2 Å². The van der Waals surface area contributed by atoms with Gasteiger partial charge in [0, 0.05) is 36.3 Å². The van der Waals surface area contributed by atoms with Gasteiger partial charge in [-0.1, -0.05) is 27.7 Å². The summed E-state index contributed by atoms with van der Waals surface area (Å²) in [7, 11) is -2.02. The summed E-state index contributed by atoms with van der Waals surface area (Å²) in [6.45, 7) is 19.9. The summed E-state index contributed by atoms with van der Waals surface area (Å²) in [5.74, 6) is -0.569. The SMILES string of the molecule is CC(=O)c1nn(CC(=O)N2[C@H](C(=O)Nc3nc(Br)c(F)cc3C)C[C@@]3(C)C[C@@H]23)c2c(C)cc(-c3cnc([C@@H](C)O[Si](C)(C)C(C)(C)C)nc3)cc12. The van der Waals surface area contributed by atoms with E-state index < -0.39 is 20.2 Å². The number of aromatic nitrogens is 5. The van der Waals surface area contributed by atoms with Crippen molar-refractivity contribution in [2.75, 3.05) is 5.32 Å². The standard InChI is InChI=1S/C37H45BrFN7O4Si/c1-19-11-23(24-16-40-34(41-17-24)22(4)50-51(9,10)36(5,6)7)13-25-30(21(3)47)44-45(31(19)25)18-29(48)46-27(14-37(8)15-28(37)46)35(49)43-33-20(2)12-26(39)32(38)42-33/h11-13,16-17,22,27-28H,14-15,18H2,1-10H3,(H,42,43,49)/t22-,27+,28-,37+/m1/s1. The number of fused-ring (bicyclic) bond motifs is 2. The van der Waals surface area contributed by atoms with Crippen LogP contribution in [0.15, 0.2) is 35.2 Å². The van der Waals surface area contributed by atoms with Gasteiger partial charge in [-0.05, 0) is 108 Å². The van der Waals surface area contributed by atoms with E-state index >= 15 is 0 Å². The van der Waals surface area contributed by atoms with Crippen LogP contribution in [-0.2, 0) is 20.6 Å². The number of nitrogens with one attached hydrogen (secondary N) is 1. The van der Waals surface area contributed by atoms with E-state index in [0.29, 0.717) is 28.7 Å². The summed E-state index contributed by atoms with van der Waals surface area (Å²) < 4.78 is 22.0.